The number of hydrogen-bond acceptors (Lipinski definition) is 4. The zero-order valence-electron chi connectivity index (χ0n) is 8.95. The quantitative estimate of drug-likeness (QED) is 0.660. The van der Waals surface area contributed by atoms with Gasteiger partial charge in [-0.15, -0.1) is 0 Å². The molecular weight excluding hydrogens is 192 g/mol. The summed E-state index contributed by atoms with van der Waals surface area (Å²) in [5, 5.41) is 5.64. The van der Waals surface area contributed by atoms with Crippen LogP contribution in [0.25, 0.3) is 0 Å². The molecule has 4 N–H and O–H groups in total. The smallest absolute Gasteiger partial charge is 0.269 e. The number of amides is 1. The lowest BCUT2D eigenvalue weighted by atomic mass is 10.3. The predicted octanol–water partition coefficient (Wildman–Crippen LogP) is 0.200. The molecule has 82 valence electrons. The fourth-order valence-corrected chi connectivity index (χ4v) is 1.07. The first kappa shape index (κ1) is 11.5. The molecule has 0 spiro atoms. The van der Waals surface area contributed by atoms with Crippen molar-refractivity contribution in [2.75, 3.05) is 18.9 Å². The molecule has 0 aliphatic rings. The van der Waals surface area contributed by atoms with Gasteiger partial charge in [0.1, 0.15) is 5.69 Å². The van der Waals surface area contributed by atoms with Crippen molar-refractivity contribution in [3.05, 3.63) is 24.0 Å². The maximum absolute atomic E-state index is 11.3. The second-order valence-electron chi connectivity index (χ2n) is 3.37. The molecular formula is C10H16N4O. The highest BCUT2D eigenvalue weighted by atomic mass is 16.1. The Morgan fingerprint density at radius 3 is 3.00 bits per heavy atom. The van der Waals surface area contributed by atoms with E-state index < -0.39 is 0 Å². The van der Waals surface area contributed by atoms with Gasteiger partial charge >= 0.3 is 0 Å². The topological polar surface area (TPSA) is 80.0 Å². The molecule has 0 radical (unpaired) electrons. The minimum absolute atomic E-state index is 0.0709. The van der Waals surface area contributed by atoms with Crippen LogP contribution in [0.5, 0.6) is 0 Å². The van der Waals surface area contributed by atoms with Crippen molar-refractivity contribution in [1.29, 1.82) is 0 Å². The SMILES string of the molecule is CNC(=O)c1cc(NCC(C)N)ccn1. The maximum Gasteiger partial charge on any atom is 0.269 e. The van der Waals surface area contributed by atoms with Crippen LogP contribution < -0.4 is 16.4 Å². The second kappa shape index (κ2) is 5.31. The van der Waals surface area contributed by atoms with E-state index in [0.717, 1.165) is 5.69 Å². The van der Waals surface area contributed by atoms with Gasteiger partial charge in [-0.1, -0.05) is 0 Å². The molecule has 1 rings (SSSR count). The van der Waals surface area contributed by atoms with E-state index in [-0.39, 0.29) is 11.9 Å². The average Bonchev–Trinajstić information content (AvgIpc) is 2.25. The molecule has 5 nitrogen and oxygen atoms in total. The molecule has 0 saturated heterocycles. The van der Waals surface area contributed by atoms with Crippen molar-refractivity contribution >= 4 is 11.6 Å². The van der Waals surface area contributed by atoms with Gasteiger partial charge in [0, 0.05) is 31.5 Å². The molecule has 1 amide bonds. The zero-order chi connectivity index (χ0) is 11.3. The average molecular weight is 208 g/mol. The number of hydrogen-bond donors (Lipinski definition) is 3. The lowest BCUT2D eigenvalue weighted by molar-refractivity contribution is 0.0958. The Hall–Kier alpha value is -1.62. The molecule has 0 fully saturated rings. The van der Waals surface area contributed by atoms with Crippen LogP contribution in [0, 0.1) is 0 Å². The van der Waals surface area contributed by atoms with Crippen molar-refractivity contribution in [3.8, 4) is 0 Å². The van der Waals surface area contributed by atoms with E-state index in [1.165, 1.54) is 0 Å². The fraction of sp³-hybridized carbons (Fsp3) is 0.400. The Bertz CT molecular complexity index is 338. The summed E-state index contributed by atoms with van der Waals surface area (Å²) in [6.45, 7) is 2.57. The van der Waals surface area contributed by atoms with Gasteiger partial charge in [0.25, 0.3) is 5.91 Å². The standard InChI is InChI=1S/C10H16N4O/c1-7(11)6-14-8-3-4-13-9(5-8)10(15)12-2/h3-5,7H,6,11H2,1-2H3,(H,12,15)(H,13,14). The molecule has 15 heavy (non-hydrogen) atoms. The molecule has 0 bridgehead atoms. The van der Waals surface area contributed by atoms with Crippen LogP contribution in [-0.4, -0.2) is 30.5 Å². The van der Waals surface area contributed by atoms with Crippen LogP contribution in [0.4, 0.5) is 5.69 Å². The van der Waals surface area contributed by atoms with E-state index in [9.17, 15) is 4.79 Å². The second-order valence-corrected chi connectivity index (χ2v) is 3.37. The van der Waals surface area contributed by atoms with Crippen LogP contribution in [0.3, 0.4) is 0 Å². The van der Waals surface area contributed by atoms with Crippen LogP contribution in [0.1, 0.15) is 17.4 Å². The summed E-state index contributed by atoms with van der Waals surface area (Å²) in [6.07, 6.45) is 1.59. The number of anilines is 1. The molecule has 1 heterocycles. The highest BCUT2D eigenvalue weighted by Gasteiger charge is 2.05. The van der Waals surface area contributed by atoms with Crippen LogP contribution in [0.2, 0.25) is 0 Å². The third kappa shape index (κ3) is 3.55. The maximum atomic E-state index is 11.3. The van der Waals surface area contributed by atoms with Gasteiger partial charge in [-0.3, -0.25) is 9.78 Å². The summed E-state index contributed by atoms with van der Waals surface area (Å²) >= 11 is 0. The highest BCUT2D eigenvalue weighted by Crippen LogP contribution is 2.07. The van der Waals surface area contributed by atoms with E-state index in [4.69, 9.17) is 5.73 Å². The number of carbonyl (C=O) groups is 1. The minimum atomic E-state index is -0.195. The van der Waals surface area contributed by atoms with E-state index in [1.807, 2.05) is 6.92 Å². The lowest BCUT2D eigenvalue weighted by Gasteiger charge is -2.09. The number of nitrogens with zero attached hydrogens (tertiary/aromatic N) is 1. The Kier molecular flexibility index (Phi) is 4.05. The molecule has 0 aliphatic heterocycles. The van der Waals surface area contributed by atoms with Crippen LogP contribution in [-0.2, 0) is 0 Å². The van der Waals surface area contributed by atoms with Crippen molar-refractivity contribution in [1.82, 2.24) is 10.3 Å². The van der Waals surface area contributed by atoms with Gasteiger partial charge < -0.3 is 16.4 Å². The van der Waals surface area contributed by atoms with Gasteiger partial charge in [-0.25, -0.2) is 0 Å². The molecule has 1 aromatic rings. The summed E-state index contributed by atoms with van der Waals surface area (Å²) in [7, 11) is 1.58. The number of pyridine rings is 1. The highest BCUT2D eigenvalue weighted by molar-refractivity contribution is 5.92. The van der Waals surface area contributed by atoms with Gasteiger partial charge in [0.15, 0.2) is 0 Å². The molecule has 1 atom stereocenters. The first-order valence-corrected chi connectivity index (χ1v) is 4.81. The zero-order valence-corrected chi connectivity index (χ0v) is 8.95. The summed E-state index contributed by atoms with van der Waals surface area (Å²) in [4.78, 5) is 15.2. The molecule has 1 aromatic heterocycles. The van der Waals surface area contributed by atoms with E-state index in [1.54, 1.807) is 25.4 Å². The van der Waals surface area contributed by atoms with Gasteiger partial charge in [0.2, 0.25) is 0 Å². The lowest BCUT2D eigenvalue weighted by Crippen LogP contribution is -2.25. The third-order valence-corrected chi connectivity index (χ3v) is 1.85. The first-order valence-electron chi connectivity index (χ1n) is 4.81. The van der Waals surface area contributed by atoms with E-state index in [2.05, 4.69) is 15.6 Å². The van der Waals surface area contributed by atoms with E-state index >= 15 is 0 Å². The Morgan fingerprint density at radius 1 is 1.67 bits per heavy atom. The fourth-order valence-electron chi connectivity index (χ4n) is 1.07. The van der Waals surface area contributed by atoms with Crippen molar-refractivity contribution in [2.24, 2.45) is 5.73 Å². The summed E-state index contributed by atoms with van der Waals surface area (Å²) in [5.41, 5.74) is 6.85. The number of carbonyl (C=O) groups excluding carboxylic acids is 1. The normalized spacial score (nSPS) is 11.9. The summed E-state index contributed by atoms with van der Waals surface area (Å²) in [6, 6.07) is 3.57. The van der Waals surface area contributed by atoms with Crippen LogP contribution >= 0.6 is 0 Å². The number of aromatic nitrogens is 1. The predicted molar refractivity (Wildman–Crippen MR) is 59.8 cm³/mol. The van der Waals surface area contributed by atoms with Crippen molar-refractivity contribution < 1.29 is 4.79 Å². The molecule has 0 aliphatic carbocycles. The number of rotatable bonds is 4. The van der Waals surface area contributed by atoms with Crippen molar-refractivity contribution in [3.63, 3.8) is 0 Å². The number of nitrogens with two attached hydrogens (primary N) is 1. The van der Waals surface area contributed by atoms with Crippen molar-refractivity contribution in [2.45, 2.75) is 13.0 Å². The first-order chi connectivity index (χ1) is 7.13. The molecule has 0 saturated carbocycles. The van der Waals surface area contributed by atoms with E-state index in [0.29, 0.717) is 12.2 Å². The summed E-state index contributed by atoms with van der Waals surface area (Å²) < 4.78 is 0. The molecule has 5 heteroatoms. The van der Waals surface area contributed by atoms with Gasteiger partial charge in [-0.05, 0) is 19.1 Å². The largest absolute Gasteiger partial charge is 0.383 e. The Morgan fingerprint density at radius 2 is 2.40 bits per heavy atom. The Balaban J connectivity index is 2.70. The third-order valence-electron chi connectivity index (χ3n) is 1.85. The monoisotopic (exact) mass is 208 g/mol. The molecule has 0 aromatic carbocycles. The summed E-state index contributed by atoms with van der Waals surface area (Å²) in [5.74, 6) is -0.195. The van der Waals surface area contributed by atoms with Gasteiger partial charge in [-0.2, -0.15) is 0 Å². The Labute approximate surface area is 89.1 Å². The number of nitrogens with one attached hydrogen (secondary N) is 2. The van der Waals surface area contributed by atoms with Gasteiger partial charge in [0.05, 0.1) is 0 Å². The molecule has 1 unspecified atom stereocenters. The minimum Gasteiger partial charge on any atom is -0.383 e. The van der Waals surface area contributed by atoms with Crippen LogP contribution in [0.15, 0.2) is 18.3 Å².